The molecule has 1 aromatic carbocycles. The maximum Gasteiger partial charge on any atom is 0.256 e. The molecule has 0 aliphatic heterocycles. The zero-order chi connectivity index (χ0) is 17.4. The van der Waals surface area contributed by atoms with Gasteiger partial charge in [0.25, 0.3) is 5.91 Å². The third-order valence-electron chi connectivity index (χ3n) is 3.88. The van der Waals surface area contributed by atoms with E-state index in [1.165, 1.54) is 0 Å². The van der Waals surface area contributed by atoms with Crippen molar-refractivity contribution >= 4 is 40.3 Å². The molecule has 6 heteroatoms. The average Bonchev–Trinajstić information content (AvgIpc) is 3.24. The van der Waals surface area contributed by atoms with E-state index in [0.717, 1.165) is 21.8 Å². The van der Waals surface area contributed by atoms with Crippen molar-refractivity contribution in [2.75, 3.05) is 5.32 Å². The molecule has 1 N–H and O–H groups in total. The summed E-state index contributed by atoms with van der Waals surface area (Å²) in [5.41, 5.74) is 3.17. The number of pyridine rings is 1. The number of thiophene rings is 1. The molecule has 0 atom stereocenters. The second-order valence-corrected chi connectivity index (χ2v) is 7.07. The normalized spacial score (nSPS) is 11.0. The van der Waals surface area contributed by atoms with Gasteiger partial charge in [0.05, 0.1) is 9.90 Å². The molecule has 0 bridgehead atoms. The lowest BCUT2D eigenvalue weighted by molar-refractivity contribution is 0.102. The molecule has 4 aromatic rings. The summed E-state index contributed by atoms with van der Waals surface area (Å²) in [6, 6.07) is 15.0. The van der Waals surface area contributed by atoms with Gasteiger partial charge in [-0.2, -0.15) is 0 Å². The fourth-order valence-electron chi connectivity index (χ4n) is 2.61. The van der Waals surface area contributed by atoms with Crippen molar-refractivity contribution in [2.24, 2.45) is 0 Å². The summed E-state index contributed by atoms with van der Waals surface area (Å²) in [7, 11) is 0. The summed E-state index contributed by atoms with van der Waals surface area (Å²) in [4.78, 5) is 18.3. The number of rotatable bonds is 3. The number of hydrogen-bond donors (Lipinski definition) is 1. The highest BCUT2D eigenvalue weighted by Gasteiger charge is 2.18. The molecule has 0 saturated carbocycles. The molecule has 0 fully saturated rings. The van der Waals surface area contributed by atoms with Gasteiger partial charge in [-0.25, -0.2) is 4.98 Å². The lowest BCUT2D eigenvalue weighted by Gasteiger charge is -2.08. The fourth-order valence-corrected chi connectivity index (χ4v) is 3.48. The summed E-state index contributed by atoms with van der Waals surface area (Å²) in [5.74, 6) is 0.435. The summed E-state index contributed by atoms with van der Waals surface area (Å²) < 4.78 is 1.81. The van der Waals surface area contributed by atoms with E-state index in [2.05, 4.69) is 10.3 Å². The Morgan fingerprint density at radius 2 is 1.96 bits per heavy atom. The molecular formula is C19H14ClN3OS. The number of halogens is 1. The summed E-state index contributed by atoms with van der Waals surface area (Å²) in [6.45, 7) is 1.99. The van der Waals surface area contributed by atoms with E-state index in [1.807, 2.05) is 59.2 Å². The van der Waals surface area contributed by atoms with Gasteiger partial charge in [-0.3, -0.25) is 9.20 Å². The maximum absolute atomic E-state index is 12.7. The fraction of sp³-hybridized carbons (Fsp3) is 0.0526. The van der Waals surface area contributed by atoms with Crippen molar-refractivity contribution < 1.29 is 4.79 Å². The molecule has 1 amide bonds. The van der Waals surface area contributed by atoms with Crippen LogP contribution in [0.5, 0.6) is 0 Å². The number of amides is 1. The Morgan fingerprint density at radius 3 is 2.68 bits per heavy atom. The van der Waals surface area contributed by atoms with Gasteiger partial charge in [-0.05, 0) is 42.6 Å². The van der Waals surface area contributed by atoms with Crippen molar-refractivity contribution in [1.29, 1.82) is 0 Å². The predicted molar refractivity (Wildman–Crippen MR) is 103 cm³/mol. The first kappa shape index (κ1) is 15.9. The highest BCUT2D eigenvalue weighted by Crippen LogP contribution is 2.32. The van der Waals surface area contributed by atoms with Crippen molar-refractivity contribution in [3.63, 3.8) is 0 Å². The highest BCUT2D eigenvalue weighted by molar-refractivity contribution is 7.13. The van der Waals surface area contributed by atoms with E-state index < -0.39 is 0 Å². The van der Waals surface area contributed by atoms with Crippen LogP contribution in [0.15, 0.2) is 60.1 Å². The molecule has 25 heavy (non-hydrogen) atoms. The van der Waals surface area contributed by atoms with Crippen molar-refractivity contribution in [3.05, 3.63) is 76.3 Å². The zero-order valence-electron chi connectivity index (χ0n) is 13.4. The Labute approximate surface area is 153 Å². The predicted octanol–water partition coefficient (Wildman–Crippen LogP) is 5.28. The summed E-state index contributed by atoms with van der Waals surface area (Å²) in [6.07, 6.45) is 1.76. The SMILES string of the molecule is Cc1ccc(C(=O)Nc2c(-c3cccs3)nc3ccc(Cl)cn23)cc1. The van der Waals surface area contributed by atoms with Gasteiger partial charge in [-0.1, -0.05) is 35.4 Å². The third kappa shape index (κ3) is 3.04. The van der Waals surface area contributed by atoms with E-state index in [9.17, 15) is 4.79 Å². The molecule has 3 aromatic heterocycles. The number of anilines is 1. The number of carbonyl (C=O) groups is 1. The first-order valence-electron chi connectivity index (χ1n) is 7.71. The standard InChI is InChI=1S/C19H14ClN3OS/c1-12-4-6-13(7-5-12)19(24)22-18-17(15-3-2-10-25-15)21-16-9-8-14(20)11-23(16)18/h2-11H,1H3,(H,22,24). The molecule has 0 saturated heterocycles. The Morgan fingerprint density at radius 1 is 1.16 bits per heavy atom. The van der Waals surface area contributed by atoms with Crippen LogP contribution in [0.1, 0.15) is 15.9 Å². The smallest absolute Gasteiger partial charge is 0.256 e. The van der Waals surface area contributed by atoms with E-state index >= 15 is 0 Å². The maximum atomic E-state index is 12.7. The second-order valence-electron chi connectivity index (χ2n) is 5.68. The van der Waals surface area contributed by atoms with Gasteiger partial charge in [-0.15, -0.1) is 11.3 Å². The number of nitrogens with zero attached hydrogens (tertiary/aromatic N) is 2. The molecule has 124 valence electrons. The Bertz CT molecular complexity index is 1050. The molecule has 3 heterocycles. The summed E-state index contributed by atoms with van der Waals surface area (Å²) >= 11 is 7.71. The number of hydrogen-bond acceptors (Lipinski definition) is 3. The minimum Gasteiger partial charge on any atom is -0.306 e. The van der Waals surface area contributed by atoms with Crippen LogP contribution >= 0.6 is 22.9 Å². The number of aryl methyl sites for hydroxylation is 1. The Balaban J connectivity index is 1.81. The largest absolute Gasteiger partial charge is 0.306 e. The van der Waals surface area contributed by atoms with Crippen LogP contribution in [0, 0.1) is 6.92 Å². The van der Waals surface area contributed by atoms with E-state index in [4.69, 9.17) is 11.6 Å². The molecule has 0 aliphatic rings. The minimum absolute atomic E-state index is 0.181. The monoisotopic (exact) mass is 367 g/mol. The first-order chi connectivity index (χ1) is 12.1. The van der Waals surface area contributed by atoms with Crippen molar-refractivity contribution in [1.82, 2.24) is 9.38 Å². The van der Waals surface area contributed by atoms with Gasteiger partial charge < -0.3 is 5.32 Å². The number of fused-ring (bicyclic) bond motifs is 1. The molecular weight excluding hydrogens is 354 g/mol. The minimum atomic E-state index is -0.181. The molecule has 4 nitrogen and oxygen atoms in total. The second kappa shape index (κ2) is 6.35. The lowest BCUT2D eigenvalue weighted by Crippen LogP contribution is -2.14. The molecule has 0 radical (unpaired) electrons. The van der Waals surface area contributed by atoms with Crippen LogP contribution in [0.3, 0.4) is 0 Å². The van der Waals surface area contributed by atoms with Gasteiger partial charge in [0, 0.05) is 11.8 Å². The highest BCUT2D eigenvalue weighted by atomic mass is 35.5. The first-order valence-corrected chi connectivity index (χ1v) is 8.97. The van der Waals surface area contributed by atoms with Gasteiger partial charge in [0.1, 0.15) is 17.2 Å². The molecule has 0 unspecified atom stereocenters. The molecule has 0 spiro atoms. The van der Waals surface area contributed by atoms with Crippen LogP contribution in [-0.2, 0) is 0 Å². The molecule has 4 rings (SSSR count). The van der Waals surface area contributed by atoms with Crippen LogP contribution in [0.25, 0.3) is 16.2 Å². The van der Waals surface area contributed by atoms with Gasteiger partial charge >= 0.3 is 0 Å². The van der Waals surface area contributed by atoms with Crippen molar-refractivity contribution in [3.8, 4) is 10.6 Å². The van der Waals surface area contributed by atoms with Gasteiger partial charge in [0.15, 0.2) is 0 Å². The third-order valence-corrected chi connectivity index (χ3v) is 4.98. The number of carbonyl (C=O) groups excluding carboxylic acids is 1. The quantitative estimate of drug-likeness (QED) is 0.535. The topological polar surface area (TPSA) is 46.4 Å². The Kier molecular flexibility index (Phi) is 4.03. The van der Waals surface area contributed by atoms with Gasteiger partial charge in [0.2, 0.25) is 0 Å². The van der Waals surface area contributed by atoms with Crippen LogP contribution in [-0.4, -0.2) is 15.3 Å². The van der Waals surface area contributed by atoms with E-state index in [1.54, 1.807) is 23.6 Å². The summed E-state index contributed by atoms with van der Waals surface area (Å²) in [5, 5.41) is 5.56. The van der Waals surface area contributed by atoms with Crippen LogP contribution in [0.4, 0.5) is 5.82 Å². The number of nitrogens with one attached hydrogen (secondary N) is 1. The zero-order valence-corrected chi connectivity index (χ0v) is 14.9. The van der Waals surface area contributed by atoms with E-state index in [-0.39, 0.29) is 5.91 Å². The van der Waals surface area contributed by atoms with Crippen LogP contribution in [0.2, 0.25) is 5.02 Å². The average molecular weight is 368 g/mol. The molecule has 0 aliphatic carbocycles. The number of benzene rings is 1. The van der Waals surface area contributed by atoms with Crippen LogP contribution < -0.4 is 5.32 Å². The lowest BCUT2D eigenvalue weighted by atomic mass is 10.1. The van der Waals surface area contributed by atoms with Crippen molar-refractivity contribution in [2.45, 2.75) is 6.92 Å². The Hall–Kier alpha value is -2.63. The number of imidazole rings is 1. The number of aromatic nitrogens is 2. The van der Waals surface area contributed by atoms with E-state index in [0.29, 0.717) is 16.4 Å².